The first kappa shape index (κ1) is 29.7. The fourth-order valence-electron chi connectivity index (χ4n) is 5.11. The maximum atomic E-state index is 11.4. The maximum absolute atomic E-state index is 11.4. The van der Waals surface area contributed by atoms with Gasteiger partial charge in [-0.05, 0) is 58.3 Å². The SMILES string of the molecule is [N-]=[N+]=N[C@@]1(SCc2cc(Cc3ccccc3)ccc2Cc2ccccc2)[C@@H](Oc2ccccc2)O[C@H](CO)[C@@H](O)[C@@H]1O. The summed E-state index contributed by atoms with van der Waals surface area (Å²) in [6, 6.07) is 35.5. The Labute approximate surface area is 249 Å². The molecule has 0 spiro atoms. The van der Waals surface area contributed by atoms with Crippen LogP contribution in [0.3, 0.4) is 0 Å². The number of hydrogen-bond acceptors (Lipinski definition) is 7. The average Bonchev–Trinajstić information content (AvgIpc) is 3.02. The summed E-state index contributed by atoms with van der Waals surface area (Å²) in [6.45, 7) is -0.549. The summed E-state index contributed by atoms with van der Waals surface area (Å²) in [5.41, 5.74) is 15.2. The van der Waals surface area contributed by atoms with Crippen molar-refractivity contribution in [2.75, 3.05) is 6.61 Å². The Morgan fingerprint density at radius 1 is 0.810 bits per heavy atom. The van der Waals surface area contributed by atoms with Gasteiger partial charge in [0, 0.05) is 10.7 Å². The lowest BCUT2D eigenvalue weighted by Gasteiger charge is -2.47. The smallest absolute Gasteiger partial charge is 0.223 e. The lowest BCUT2D eigenvalue weighted by Crippen LogP contribution is -2.65. The van der Waals surface area contributed by atoms with E-state index in [9.17, 15) is 20.9 Å². The van der Waals surface area contributed by atoms with Gasteiger partial charge in [-0.3, -0.25) is 0 Å². The minimum absolute atomic E-state index is 0.329. The summed E-state index contributed by atoms with van der Waals surface area (Å²) in [5.74, 6) is 0.755. The molecule has 0 radical (unpaired) electrons. The molecule has 42 heavy (non-hydrogen) atoms. The van der Waals surface area contributed by atoms with Crippen LogP contribution in [0.5, 0.6) is 5.75 Å². The van der Waals surface area contributed by atoms with Crippen LogP contribution < -0.4 is 4.74 Å². The predicted molar refractivity (Wildman–Crippen MR) is 163 cm³/mol. The van der Waals surface area contributed by atoms with Crippen molar-refractivity contribution in [3.05, 3.63) is 147 Å². The molecule has 1 heterocycles. The summed E-state index contributed by atoms with van der Waals surface area (Å²) in [6.07, 6.45) is -4.07. The van der Waals surface area contributed by atoms with Gasteiger partial charge in [0.25, 0.3) is 0 Å². The van der Waals surface area contributed by atoms with Crippen LogP contribution in [0.25, 0.3) is 10.4 Å². The summed E-state index contributed by atoms with van der Waals surface area (Å²) < 4.78 is 12.0. The van der Waals surface area contributed by atoms with Gasteiger partial charge in [0.05, 0.1) is 6.61 Å². The minimum Gasteiger partial charge on any atom is -0.463 e. The van der Waals surface area contributed by atoms with E-state index in [2.05, 4.69) is 52.5 Å². The largest absolute Gasteiger partial charge is 0.463 e. The summed E-state index contributed by atoms with van der Waals surface area (Å²) in [7, 11) is 0. The van der Waals surface area contributed by atoms with E-state index in [-0.39, 0.29) is 0 Å². The number of hydrogen-bond donors (Lipinski definition) is 3. The van der Waals surface area contributed by atoms with E-state index in [0.717, 1.165) is 40.4 Å². The van der Waals surface area contributed by atoms with Crippen LogP contribution in [0, 0.1) is 0 Å². The molecule has 0 aromatic heterocycles. The third kappa shape index (κ3) is 6.79. The molecule has 4 aromatic rings. The first-order chi connectivity index (χ1) is 20.5. The Bertz CT molecular complexity index is 1490. The maximum Gasteiger partial charge on any atom is 0.223 e. The number of nitrogens with zero attached hydrogens (tertiary/aromatic N) is 3. The van der Waals surface area contributed by atoms with Crippen molar-refractivity contribution in [2.45, 2.75) is 48.1 Å². The van der Waals surface area contributed by atoms with Gasteiger partial charge in [-0.1, -0.05) is 102 Å². The van der Waals surface area contributed by atoms with Crippen LogP contribution in [0.2, 0.25) is 0 Å². The highest BCUT2D eigenvalue weighted by Gasteiger charge is 2.57. The average molecular weight is 584 g/mol. The van der Waals surface area contributed by atoms with Crippen molar-refractivity contribution < 1.29 is 24.8 Å². The molecule has 1 aliphatic heterocycles. The first-order valence-corrected chi connectivity index (χ1v) is 14.7. The molecular weight excluding hydrogens is 550 g/mol. The molecule has 5 atom stereocenters. The van der Waals surface area contributed by atoms with E-state index in [4.69, 9.17) is 9.47 Å². The Hall–Kier alpha value is -3.82. The van der Waals surface area contributed by atoms with E-state index in [1.807, 2.05) is 42.5 Å². The van der Waals surface area contributed by atoms with Gasteiger partial charge < -0.3 is 24.8 Å². The number of para-hydroxylation sites is 1. The fraction of sp³-hybridized carbons (Fsp3) is 0.273. The van der Waals surface area contributed by atoms with Crippen molar-refractivity contribution in [1.29, 1.82) is 0 Å². The van der Waals surface area contributed by atoms with Gasteiger partial charge >= 0.3 is 0 Å². The topological polar surface area (TPSA) is 128 Å². The van der Waals surface area contributed by atoms with Crippen molar-refractivity contribution in [1.82, 2.24) is 0 Å². The second-order valence-corrected chi connectivity index (χ2v) is 11.4. The van der Waals surface area contributed by atoms with Crippen molar-refractivity contribution in [3.8, 4) is 5.75 Å². The van der Waals surface area contributed by atoms with E-state index in [0.29, 0.717) is 17.9 Å². The molecule has 0 amide bonds. The highest BCUT2D eigenvalue weighted by Crippen LogP contribution is 2.45. The van der Waals surface area contributed by atoms with E-state index >= 15 is 0 Å². The third-order valence-corrected chi connectivity index (χ3v) is 8.78. The molecular formula is C33H33N3O5S. The van der Waals surface area contributed by atoms with Crippen LogP contribution in [0.4, 0.5) is 0 Å². The second-order valence-electron chi connectivity index (χ2n) is 10.2. The lowest BCUT2D eigenvalue weighted by molar-refractivity contribution is -0.247. The number of ether oxygens (including phenoxy) is 2. The van der Waals surface area contributed by atoms with Gasteiger partial charge in [0.2, 0.25) is 6.29 Å². The Balaban J connectivity index is 1.50. The summed E-state index contributed by atoms with van der Waals surface area (Å²) in [4.78, 5) is 1.29. The Morgan fingerprint density at radius 2 is 1.43 bits per heavy atom. The summed E-state index contributed by atoms with van der Waals surface area (Å²) in [5, 5.41) is 36.1. The van der Waals surface area contributed by atoms with E-state index in [1.165, 1.54) is 5.56 Å². The van der Waals surface area contributed by atoms with Gasteiger partial charge in [-0.2, -0.15) is 0 Å². The number of thioether (sulfide) groups is 1. The molecule has 8 nitrogen and oxygen atoms in total. The molecule has 0 saturated carbocycles. The normalized spacial score (nSPS) is 23.6. The molecule has 1 saturated heterocycles. The third-order valence-electron chi connectivity index (χ3n) is 7.35. The highest BCUT2D eigenvalue weighted by atomic mass is 32.2. The molecule has 5 rings (SSSR count). The van der Waals surface area contributed by atoms with Crippen LogP contribution in [-0.2, 0) is 23.3 Å². The number of rotatable bonds is 11. The number of benzene rings is 4. The van der Waals surface area contributed by atoms with Crippen LogP contribution in [0.15, 0.2) is 114 Å². The van der Waals surface area contributed by atoms with E-state index in [1.54, 1.807) is 24.3 Å². The van der Waals surface area contributed by atoms with Crippen molar-refractivity contribution >= 4 is 11.8 Å². The molecule has 0 aliphatic carbocycles. The predicted octanol–water partition coefficient (Wildman–Crippen LogP) is 5.63. The molecule has 0 unspecified atom stereocenters. The highest BCUT2D eigenvalue weighted by molar-refractivity contribution is 8.00. The Morgan fingerprint density at radius 3 is 2.05 bits per heavy atom. The molecule has 1 aliphatic rings. The zero-order valence-corrected chi connectivity index (χ0v) is 23.8. The molecule has 9 heteroatoms. The van der Waals surface area contributed by atoms with Crippen LogP contribution >= 0.6 is 11.8 Å². The molecule has 3 N–H and O–H groups in total. The first-order valence-electron chi connectivity index (χ1n) is 13.8. The van der Waals surface area contributed by atoms with Gasteiger partial charge in [-0.15, -0.1) is 11.8 Å². The van der Waals surface area contributed by atoms with Crippen LogP contribution in [-0.4, -0.2) is 51.4 Å². The zero-order valence-electron chi connectivity index (χ0n) is 22.9. The number of aliphatic hydroxyl groups is 3. The summed E-state index contributed by atoms with van der Waals surface area (Å²) >= 11 is 1.15. The molecule has 4 aromatic carbocycles. The van der Waals surface area contributed by atoms with Crippen molar-refractivity contribution in [2.24, 2.45) is 5.11 Å². The minimum atomic E-state index is -1.75. The fourth-order valence-corrected chi connectivity index (χ4v) is 6.40. The lowest BCUT2D eigenvalue weighted by atomic mass is 9.96. The van der Waals surface area contributed by atoms with Gasteiger partial charge in [0.15, 0.2) is 4.87 Å². The monoisotopic (exact) mass is 583 g/mol. The molecule has 0 bridgehead atoms. The number of aliphatic hydroxyl groups excluding tert-OH is 3. The standard InChI is InChI=1S/C33H33N3O5S/c34-36-35-33(31(39)30(38)29(21-37)41-32(33)40-28-14-8-3-9-15-28)42-22-27-20-25(18-23-10-4-1-5-11-23)16-17-26(27)19-24-12-6-2-7-13-24/h1-17,20,29-32,37-39H,18-19,21-22H2/t29-,30-,31+,32+,33+/m1/s1. The van der Waals surface area contributed by atoms with Crippen LogP contribution in [0.1, 0.15) is 27.8 Å². The Kier molecular flexibility index (Phi) is 9.81. The molecule has 1 fully saturated rings. The van der Waals surface area contributed by atoms with E-state index < -0.39 is 36.1 Å². The van der Waals surface area contributed by atoms with Gasteiger partial charge in [0.1, 0.15) is 24.1 Å². The van der Waals surface area contributed by atoms with Gasteiger partial charge in [-0.25, -0.2) is 0 Å². The zero-order chi connectivity index (χ0) is 29.4. The molecule has 216 valence electrons. The quantitative estimate of drug-likeness (QED) is 0.119. The van der Waals surface area contributed by atoms with Crippen molar-refractivity contribution in [3.63, 3.8) is 0 Å². The second kappa shape index (κ2) is 13.9. The number of azide groups is 1.